The van der Waals surface area contributed by atoms with Crippen LogP contribution in [0, 0.1) is 10.6 Å². The van der Waals surface area contributed by atoms with Gasteiger partial charge in [-0.25, -0.2) is 0 Å². The summed E-state index contributed by atoms with van der Waals surface area (Å²) in [6, 6.07) is 4.76. The van der Waals surface area contributed by atoms with Crippen LogP contribution >= 0.6 is 12.2 Å². The predicted octanol–water partition coefficient (Wildman–Crippen LogP) is 3.54. The van der Waals surface area contributed by atoms with Crippen molar-refractivity contribution in [3.63, 3.8) is 0 Å². The lowest BCUT2D eigenvalue weighted by atomic mass is 10.1. The van der Waals surface area contributed by atoms with E-state index in [2.05, 4.69) is 36.0 Å². The van der Waals surface area contributed by atoms with E-state index in [4.69, 9.17) is 12.2 Å². The van der Waals surface area contributed by atoms with Crippen LogP contribution < -0.4 is 0 Å². The SMILES string of the molecule is CC(C)CN1CCC[C@@H]1c1ccc(=S)[nH]c1. The third kappa shape index (κ3) is 2.71. The molecule has 0 bridgehead atoms. The quantitative estimate of drug-likeness (QED) is 0.810. The summed E-state index contributed by atoms with van der Waals surface area (Å²) in [6.45, 7) is 7.00. The predicted molar refractivity (Wildman–Crippen MR) is 70.0 cm³/mol. The summed E-state index contributed by atoms with van der Waals surface area (Å²) in [5.74, 6) is 0.739. The Bertz CT molecular complexity index is 377. The van der Waals surface area contributed by atoms with Gasteiger partial charge in [0.2, 0.25) is 0 Å². The van der Waals surface area contributed by atoms with Crippen molar-refractivity contribution >= 4 is 12.2 Å². The van der Waals surface area contributed by atoms with E-state index in [1.807, 2.05) is 6.07 Å². The Morgan fingerprint density at radius 1 is 1.50 bits per heavy atom. The molecule has 0 aromatic carbocycles. The first-order valence-electron chi connectivity index (χ1n) is 6.09. The topological polar surface area (TPSA) is 19.0 Å². The molecule has 1 N–H and O–H groups in total. The number of pyridine rings is 1. The smallest absolute Gasteiger partial charge is 0.103 e. The van der Waals surface area contributed by atoms with Crippen LogP contribution in [0.2, 0.25) is 0 Å². The lowest BCUT2D eigenvalue weighted by molar-refractivity contribution is 0.228. The van der Waals surface area contributed by atoms with Crippen molar-refractivity contribution in [2.24, 2.45) is 5.92 Å². The Hall–Kier alpha value is -0.670. The van der Waals surface area contributed by atoms with Gasteiger partial charge in [0.1, 0.15) is 4.64 Å². The molecule has 1 fully saturated rings. The van der Waals surface area contributed by atoms with E-state index in [0.29, 0.717) is 6.04 Å². The molecule has 2 heterocycles. The van der Waals surface area contributed by atoms with Crippen molar-refractivity contribution in [1.82, 2.24) is 9.88 Å². The van der Waals surface area contributed by atoms with Crippen LogP contribution in [0.15, 0.2) is 18.3 Å². The van der Waals surface area contributed by atoms with Crippen LogP contribution in [0.4, 0.5) is 0 Å². The normalized spacial score (nSPS) is 21.8. The fraction of sp³-hybridized carbons (Fsp3) is 0.615. The highest BCUT2D eigenvalue weighted by molar-refractivity contribution is 7.71. The summed E-state index contributed by atoms with van der Waals surface area (Å²) >= 11 is 5.08. The number of aromatic amines is 1. The van der Waals surface area contributed by atoms with Crippen LogP contribution in [0.5, 0.6) is 0 Å². The van der Waals surface area contributed by atoms with E-state index in [9.17, 15) is 0 Å². The van der Waals surface area contributed by atoms with Gasteiger partial charge in [0.25, 0.3) is 0 Å². The molecule has 0 saturated carbocycles. The molecule has 3 heteroatoms. The Labute approximate surface area is 103 Å². The molecule has 0 amide bonds. The number of nitrogens with zero attached hydrogens (tertiary/aromatic N) is 1. The van der Waals surface area contributed by atoms with E-state index >= 15 is 0 Å². The maximum absolute atomic E-state index is 5.08. The molecule has 1 aliphatic rings. The maximum Gasteiger partial charge on any atom is 0.103 e. The van der Waals surface area contributed by atoms with E-state index in [-0.39, 0.29) is 0 Å². The molecule has 0 radical (unpaired) electrons. The third-order valence-electron chi connectivity index (χ3n) is 3.16. The fourth-order valence-corrected chi connectivity index (χ4v) is 2.65. The van der Waals surface area contributed by atoms with Crippen LogP contribution in [-0.2, 0) is 0 Å². The van der Waals surface area contributed by atoms with Gasteiger partial charge in [0, 0.05) is 18.8 Å². The average molecular weight is 236 g/mol. The van der Waals surface area contributed by atoms with Gasteiger partial charge in [-0.2, -0.15) is 0 Å². The lowest BCUT2D eigenvalue weighted by Crippen LogP contribution is -2.27. The van der Waals surface area contributed by atoms with Gasteiger partial charge in [0.05, 0.1) is 0 Å². The maximum atomic E-state index is 5.08. The van der Waals surface area contributed by atoms with Crippen molar-refractivity contribution in [3.8, 4) is 0 Å². The van der Waals surface area contributed by atoms with E-state index in [1.54, 1.807) is 0 Å². The number of aromatic nitrogens is 1. The molecule has 1 aromatic heterocycles. The summed E-state index contributed by atoms with van der Waals surface area (Å²) < 4.78 is 0.817. The van der Waals surface area contributed by atoms with Crippen molar-refractivity contribution < 1.29 is 0 Å². The number of hydrogen-bond donors (Lipinski definition) is 1. The van der Waals surface area contributed by atoms with Crippen LogP contribution in [0.3, 0.4) is 0 Å². The van der Waals surface area contributed by atoms with Crippen LogP contribution in [-0.4, -0.2) is 23.0 Å². The van der Waals surface area contributed by atoms with Crippen molar-refractivity contribution in [3.05, 3.63) is 28.5 Å². The minimum Gasteiger partial charge on any atom is -0.353 e. The first-order chi connectivity index (χ1) is 7.66. The molecule has 1 atom stereocenters. The van der Waals surface area contributed by atoms with Gasteiger partial charge in [-0.1, -0.05) is 32.1 Å². The van der Waals surface area contributed by atoms with E-state index < -0.39 is 0 Å². The third-order valence-corrected chi connectivity index (χ3v) is 3.41. The zero-order chi connectivity index (χ0) is 11.5. The Morgan fingerprint density at radius 3 is 2.94 bits per heavy atom. The van der Waals surface area contributed by atoms with Crippen LogP contribution in [0.25, 0.3) is 0 Å². The van der Waals surface area contributed by atoms with Gasteiger partial charge in [-0.05, 0) is 36.9 Å². The molecule has 0 aliphatic carbocycles. The van der Waals surface area contributed by atoms with Gasteiger partial charge in [0.15, 0.2) is 0 Å². The summed E-state index contributed by atoms with van der Waals surface area (Å²) in [7, 11) is 0. The Morgan fingerprint density at radius 2 is 2.31 bits per heavy atom. The molecule has 0 spiro atoms. The minimum atomic E-state index is 0.592. The molecule has 0 unspecified atom stereocenters. The molecule has 2 rings (SSSR count). The minimum absolute atomic E-state index is 0.592. The largest absolute Gasteiger partial charge is 0.353 e. The zero-order valence-electron chi connectivity index (χ0n) is 10.1. The van der Waals surface area contributed by atoms with Gasteiger partial charge in [-0.3, -0.25) is 4.90 Å². The van der Waals surface area contributed by atoms with Crippen molar-refractivity contribution in [2.75, 3.05) is 13.1 Å². The van der Waals surface area contributed by atoms with Gasteiger partial charge in [-0.15, -0.1) is 0 Å². The highest BCUT2D eigenvalue weighted by Crippen LogP contribution is 2.31. The summed E-state index contributed by atoms with van der Waals surface area (Å²) in [5.41, 5.74) is 1.38. The van der Waals surface area contributed by atoms with E-state index in [1.165, 1.54) is 31.5 Å². The second kappa shape index (κ2) is 5.11. The lowest BCUT2D eigenvalue weighted by Gasteiger charge is -2.26. The summed E-state index contributed by atoms with van der Waals surface area (Å²) in [4.78, 5) is 5.73. The Kier molecular flexibility index (Phi) is 3.77. The van der Waals surface area contributed by atoms with Crippen molar-refractivity contribution in [2.45, 2.75) is 32.7 Å². The number of nitrogens with one attached hydrogen (secondary N) is 1. The Balaban J connectivity index is 2.13. The number of H-pyrrole nitrogens is 1. The molecular formula is C13H20N2S. The van der Waals surface area contributed by atoms with Crippen LogP contribution in [0.1, 0.15) is 38.3 Å². The van der Waals surface area contributed by atoms with E-state index in [0.717, 1.165) is 10.6 Å². The number of likely N-dealkylation sites (tertiary alicyclic amines) is 1. The zero-order valence-corrected chi connectivity index (χ0v) is 10.9. The first-order valence-corrected chi connectivity index (χ1v) is 6.50. The highest BCUT2D eigenvalue weighted by atomic mass is 32.1. The van der Waals surface area contributed by atoms with Crippen molar-refractivity contribution in [1.29, 1.82) is 0 Å². The number of hydrogen-bond acceptors (Lipinski definition) is 2. The monoisotopic (exact) mass is 236 g/mol. The number of rotatable bonds is 3. The standard InChI is InChI=1S/C13H20N2S/c1-10(2)9-15-7-3-4-12(15)11-5-6-13(16)14-8-11/h5-6,8,10,12H,3-4,7,9H2,1-2H3,(H,14,16)/t12-/m1/s1. The average Bonchev–Trinajstić information content (AvgIpc) is 2.66. The highest BCUT2D eigenvalue weighted by Gasteiger charge is 2.25. The molecule has 88 valence electrons. The summed E-state index contributed by atoms with van der Waals surface area (Å²) in [5, 5.41) is 0. The second-order valence-electron chi connectivity index (χ2n) is 5.03. The fourth-order valence-electron chi connectivity index (χ4n) is 2.52. The van der Waals surface area contributed by atoms with Gasteiger partial charge >= 0.3 is 0 Å². The first kappa shape index (κ1) is 11.8. The van der Waals surface area contributed by atoms with Gasteiger partial charge < -0.3 is 4.98 Å². The molecule has 2 nitrogen and oxygen atoms in total. The molecule has 16 heavy (non-hydrogen) atoms. The molecular weight excluding hydrogens is 216 g/mol. The second-order valence-corrected chi connectivity index (χ2v) is 5.47. The molecule has 1 aromatic rings. The molecule has 1 aliphatic heterocycles. The summed E-state index contributed by atoms with van der Waals surface area (Å²) in [6.07, 6.45) is 4.66. The molecule has 1 saturated heterocycles.